The molecule has 1 rings (SSSR count). The predicted octanol–water partition coefficient (Wildman–Crippen LogP) is 0.432. The first-order valence-electron chi connectivity index (χ1n) is 6.67. The maximum atomic E-state index is 11.9. The van der Waals surface area contributed by atoms with Crippen molar-refractivity contribution in [2.24, 2.45) is 0 Å². The van der Waals surface area contributed by atoms with Crippen LogP contribution in [0.2, 0.25) is 0 Å². The number of amides is 1. The molecular weight excluding hydrogens is 228 g/mol. The Morgan fingerprint density at radius 3 is 2.89 bits per heavy atom. The lowest BCUT2D eigenvalue weighted by atomic mass is 10.1. The molecule has 0 saturated carbocycles. The van der Waals surface area contributed by atoms with Crippen LogP contribution >= 0.6 is 0 Å². The van der Waals surface area contributed by atoms with Crippen LogP contribution in [-0.4, -0.2) is 62.0 Å². The minimum atomic E-state index is 0.102. The number of rotatable bonds is 5. The number of nitrogens with zero attached hydrogens (tertiary/aromatic N) is 3. The summed E-state index contributed by atoms with van der Waals surface area (Å²) in [5, 5.41) is 11.9. The zero-order chi connectivity index (χ0) is 13.4. The lowest BCUT2D eigenvalue weighted by molar-refractivity contribution is -0.131. The van der Waals surface area contributed by atoms with E-state index in [0.717, 1.165) is 25.9 Å². The largest absolute Gasteiger partial charge is 0.344 e. The Morgan fingerprint density at radius 1 is 1.39 bits per heavy atom. The number of hydrogen-bond donors (Lipinski definition) is 1. The highest BCUT2D eigenvalue weighted by atomic mass is 16.2. The first-order chi connectivity index (χ1) is 8.65. The molecule has 1 unspecified atom stereocenters. The molecule has 102 valence electrons. The number of carbonyl (C=O) groups is 1. The van der Waals surface area contributed by atoms with Crippen molar-refractivity contribution in [3.63, 3.8) is 0 Å². The van der Waals surface area contributed by atoms with Crippen molar-refractivity contribution >= 4 is 5.91 Å². The third-order valence-electron chi connectivity index (χ3n) is 3.54. The zero-order valence-electron chi connectivity index (χ0n) is 11.5. The van der Waals surface area contributed by atoms with Crippen LogP contribution in [0.3, 0.4) is 0 Å². The van der Waals surface area contributed by atoms with Gasteiger partial charge in [0.15, 0.2) is 0 Å². The Balaban J connectivity index is 2.35. The van der Waals surface area contributed by atoms with Crippen molar-refractivity contribution in [2.45, 2.75) is 31.7 Å². The van der Waals surface area contributed by atoms with E-state index in [1.807, 2.05) is 7.05 Å². The Labute approximate surface area is 110 Å². The van der Waals surface area contributed by atoms with Crippen LogP contribution in [0.4, 0.5) is 0 Å². The molecule has 0 bridgehead atoms. The van der Waals surface area contributed by atoms with Crippen molar-refractivity contribution in [3.8, 4) is 6.07 Å². The van der Waals surface area contributed by atoms with Gasteiger partial charge in [0.25, 0.3) is 0 Å². The number of nitriles is 1. The van der Waals surface area contributed by atoms with Gasteiger partial charge in [-0.15, -0.1) is 0 Å². The van der Waals surface area contributed by atoms with E-state index in [1.54, 1.807) is 11.9 Å². The summed E-state index contributed by atoms with van der Waals surface area (Å²) in [4.78, 5) is 15.7. The minimum Gasteiger partial charge on any atom is -0.344 e. The van der Waals surface area contributed by atoms with Gasteiger partial charge in [-0.1, -0.05) is 0 Å². The minimum absolute atomic E-state index is 0.102. The summed E-state index contributed by atoms with van der Waals surface area (Å²) in [6.07, 6.45) is 3.83. The van der Waals surface area contributed by atoms with Gasteiger partial charge in [0, 0.05) is 19.6 Å². The summed E-state index contributed by atoms with van der Waals surface area (Å²) in [7, 11) is 3.79. The van der Waals surface area contributed by atoms with Crippen molar-refractivity contribution < 1.29 is 4.79 Å². The third-order valence-corrected chi connectivity index (χ3v) is 3.54. The molecule has 0 aliphatic carbocycles. The van der Waals surface area contributed by atoms with E-state index < -0.39 is 0 Å². The molecule has 1 atom stereocenters. The summed E-state index contributed by atoms with van der Waals surface area (Å²) in [6.45, 7) is 3.09. The van der Waals surface area contributed by atoms with E-state index in [9.17, 15) is 4.79 Å². The zero-order valence-corrected chi connectivity index (χ0v) is 11.5. The Bertz CT molecular complexity index is 292. The summed E-state index contributed by atoms with van der Waals surface area (Å²) in [5.41, 5.74) is 0. The van der Waals surface area contributed by atoms with E-state index in [2.05, 4.69) is 16.3 Å². The van der Waals surface area contributed by atoms with Gasteiger partial charge in [-0.2, -0.15) is 5.26 Å². The van der Waals surface area contributed by atoms with Gasteiger partial charge < -0.3 is 10.2 Å². The number of likely N-dealkylation sites (N-methyl/N-ethyl adjacent to an activating group) is 2. The molecule has 1 fully saturated rings. The van der Waals surface area contributed by atoms with Crippen LogP contribution < -0.4 is 5.32 Å². The fourth-order valence-corrected chi connectivity index (χ4v) is 2.25. The van der Waals surface area contributed by atoms with Gasteiger partial charge in [0.2, 0.25) is 5.91 Å². The molecule has 1 saturated heterocycles. The Morgan fingerprint density at radius 2 is 2.17 bits per heavy atom. The standard InChI is InChI=1S/C13H24N4O/c1-16(10-4-7-14)13(18)11-17(2)12-5-3-8-15-9-6-12/h12,15H,3-6,8-11H2,1-2H3. The molecule has 0 aromatic carbocycles. The number of hydrogen-bond acceptors (Lipinski definition) is 4. The first-order valence-corrected chi connectivity index (χ1v) is 6.67. The van der Waals surface area contributed by atoms with Gasteiger partial charge in [0.05, 0.1) is 19.0 Å². The second kappa shape index (κ2) is 8.06. The van der Waals surface area contributed by atoms with Gasteiger partial charge in [-0.25, -0.2) is 0 Å². The van der Waals surface area contributed by atoms with Crippen LogP contribution in [0, 0.1) is 11.3 Å². The summed E-state index contributed by atoms with van der Waals surface area (Å²) in [5.74, 6) is 0.102. The van der Waals surface area contributed by atoms with Gasteiger partial charge in [0.1, 0.15) is 0 Å². The molecule has 1 heterocycles. The van der Waals surface area contributed by atoms with Crippen LogP contribution in [0.15, 0.2) is 0 Å². The fourth-order valence-electron chi connectivity index (χ4n) is 2.25. The Hall–Kier alpha value is -1.12. The second-order valence-electron chi connectivity index (χ2n) is 4.97. The van der Waals surface area contributed by atoms with E-state index >= 15 is 0 Å². The molecule has 0 radical (unpaired) electrons. The van der Waals surface area contributed by atoms with E-state index in [0.29, 0.717) is 25.6 Å². The second-order valence-corrected chi connectivity index (χ2v) is 4.97. The van der Waals surface area contributed by atoms with Crippen LogP contribution in [-0.2, 0) is 4.79 Å². The van der Waals surface area contributed by atoms with Gasteiger partial charge >= 0.3 is 0 Å². The molecule has 1 N–H and O–H groups in total. The molecule has 0 spiro atoms. The number of nitrogens with one attached hydrogen (secondary N) is 1. The molecular formula is C13H24N4O. The lowest BCUT2D eigenvalue weighted by Crippen LogP contribution is -2.41. The van der Waals surface area contributed by atoms with Crippen molar-refractivity contribution in [3.05, 3.63) is 0 Å². The van der Waals surface area contributed by atoms with E-state index in [4.69, 9.17) is 5.26 Å². The molecule has 18 heavy (non-hydrogen) atoms. The molecule has 1 aliphatic heterocycles. The molecule has 1 amide bonds. The highest BCUT2D eigenvalue weighted by Crippen LogP contribution is 2.11. The molecule has 5 heteroatoms. The summed E-state index contributed by atoms with van der Waals surface area (Å²) >= 11 is 0. The van der Waals surface area contributed by atoms with Crippen LogP contribution in [0.1, 0.15) is 25.7 Å². The molecule has 0 aromatic rings. The lowest BCUT2D eigenvalue weighted by Gasteiger charge is -2.28. The average Bonchev–Trinajstić information content (AvgIpc) is 2.64. The normalized spacial score (nSPS) is 20.2. The Kier molecular flexibility index (Phi) is 6.69. The van der Waals surface area contributed by atoms with Crippen LogP contribution in [0.5, 0.6) is 0 Å². The first kappa shape index (κ1) is 14.9. The fraction of sp³-hybridized carbons (Fsp3) is 0.846. The van der Waals surface area contributed by atoms with Gasteiger partial charge in [-0.05, 0) is 39.4 Å². The van der Waals surface area contributed by atoms with Crippen molar-refractivity contribution in [1.82, 2.24) is 15.1 Å². The quantitative estimate of drug-likeness (QED) is 0.771. The summed E-state index contributed by atoms with van der Waals surface area (Å²) < 4.78 is 0. The topological polar surface area (TPSA) is 59.4 Å². The van der Waals surface area contributed by atoms with Gasteiger partial charge in [-0.3, -0.25) is 9.69 Å². The molecule has 0 aromatic heterocycles. The predicted molar refractivity (Wildman–Crippen MR) is 71.0 cm³/mol. The molecule has 5 nitrogen and oxygen atoms in total. The SMILES string of the molecule is CN(CCC#N)C(=O)CN(C)C1CCCNCC1. The van der Waals surface area contributed by atoms with Crippen LogP contribution in [0.25, 0.3) is 0 Å². The van der Waals surface area contributed by atoms with Crippen molar-refractivity contribution in [1.29, 1.82) is 5.26 Å². The maximum Gasteiger partial charge on any atom is 0.236 e. The average molecular weight is 252 g/mol. The summed E-state index contributed by atoms with van der Waals surface area (Å²) in [6, 6.07) is 2.56. The van der Waals surface area contributed by atoms with E-state index in [1.165, 1.54) is 6.42 Å². The molecule has 1 aliphatic rings. The third kappa shape index (κ3) is 5.03. The smallest absolute Gasteiger partial charge is 0.236 e. The number of carbonyl (C=O) groups excluding carboxylic acids is 1. The monoisotopic (exact) mass is 252 g/mol. The van der Waals surface area contributed by atoms with E-state index in [-0.39, 0.29) is 5.91 Å². The highest BCUT2D eigenvalue weighted by molar-refractivity contribution is 5.78. The maximum absolute atomic E-state index is 11.9. The highest BCUT2D eigenvalue weighted by Gasteiger charge is 2.20. The van der Waals surface area contributed by atoms with Crippen molar-refractivity contribution in [2.75, 3.05) is 40.3 Å².